The summed E-state index contributed by atoms with van der Waals surface area (Å²) >= 11 is 0. The maximum absolute atomic E-state index is 12.8. The van der Waals surface area contributed by atoms with Crippen LogP contribution in [0.4, 0.5) is 0 Å². The van der Waals surface area contributed by atoms with E-state index in [4.69, 9.17) is 0 Å². The molecular formula is C19H24N6O2. The van der Waals surface area contributed by atoms with Crippen molar-refractivity contribution in [1.82, 2.24) is 30.0 Å². The van der Waals surface area contributed by atoms with Crippen molar-refractivity contribution in [3.05, 3.63) is 41.2 Å². The van der Waals surface area contributed by atoms with Gasteiger partial charge in [0.05, 0.1) is 6.54 Å². The van der Waals surface area contributed by atoms with E-state index >= 15 is 0 Å². The number of hydrogen-bond acceptors (Lipinski definition) is 5. The van der Waals surface area contributed by atoms with Crippen LogP contribution in [0.15, 0.2) is 24.3 Å². The highest BCUT2D eigenvalue weighted by Crippen LogP contribution is 2.40. The van der Waals surface area contributed by atoms with Crippen molar-refractivity contribution in [3.8, 4) is 0 Å². The van der Waals surface area contributed by atoms with E-state index in [9.17, 15) is 9.59 Å². The van der Waals surface area contributed by atoms with Crippen LogP contribution >= 0.6 is 0 Å². The Morgan fingerprint density at radius 1 is 1.19 bits per heavy atom. The number of nitrogens with zero attached hydrogens (tertiary/aromatic N) is 6. The largest absolute Gasteiger partial charge is 0.345 e. The number of aryl methyl sites for hydroxylation is 1. The molecule has 8 heteroatoms. The van der Waals surface area contributed by atoms with Crippen LogP contribution < -0.4 is 0 Å². The number of hydrogen-bond donors (Lipinski definition) is 0. The maximum Gasteiger partial charge on any atom is 0.253 e. The fraction of sp³-hybridized carbons (Fsp3) is 0.526. The van der Waals surface area contributed by atoms with E-state index < -0.39 is 0 Å². The molecule has 2 aliphatic heterocycles. The van der Waals surface area contributed by atoms with Crippen LogP contribution in [0.2, 0.25) is 0 Å². The average Bonchev–Trinajstić information content (AvgIpc) is 3.18. The van der Waals surface area contributed by atoms with E-state index in [0.29, 0.717) is 31.6 Å². The smallest absolute Gasteiger partial charge is 0.253 e. The number of tetrazole rings is 1. The minimum atomic E-state index is 0.0627. The molecule has 0 unspecified atom stereocenters. The highest BCUT2D eigenvalue weighted by Gasteiger charge is 2.44. The molecule has 8 nitrogen and oxygen atoms in total. The minimum Gasteiger partial charge on any atom is -0.345 e. The zero-order valence-corrected chi connectivity index (χ0v) is 15.8. The third kappa shape index (κ3) is 3.43. The Balaban J connectivity index is 1.37. The van der Waals surface area contributed by atoms with Crippen LogP contribution in [0, 0.1) is 12.3 Å². The van der Waals surface area contributed by atoms with Crippen molar-refractivity contribution in [2.24, 2.45) is 5.41 Å². The molecule has 2 amide bonds. The Kier molecular flexibility index (Phi) is 4.41. The lowest BCUT2D eigenvalue weighted by Gasteiger charge is -2.38. The molecule has 3 heterocycles. The van der Waals surface area contributed by atoms with Gasteiger partial charge in [0.1, 0.15) is 5.82 Å². The quantitative estimate of drug-likeness (QED) is 0.810. The molecule has 0 N–H and O–H groups in total. The number of aromatic nitrogens is 4. The third-order valence-corrected chi connectivity index (χ3v) is 5.88. The van der Waals surface area contributed by atoms with Crippen molar-refractivity contribution in [2.75, 3.05) is 26.7 Å². The van der Waals surface area contributed by atoms with Crippen LogP contribution in [0.5, 0.6) is 0 Å². The normalized spacial score (nSPS) is 19.1. The Labute approximate surface area is 158 Å². The number of benzene rings is 1. The lowest BCUT2D eigenvalue weighted by atomic mass is 9.77. The van der Waals surface area contributed by atoms with Crippen LogP contribution in [-0.4, -0.2) is 68.5 Å². The summed E-state index contributed by atoms with van der Waals surface area (Å²) in [6.45, 7) is 4.69. The SMILES string of the molecule is Cc1nnnn1Cc1ccc(C(=O)N2CCC3(CC2)CC(=O)N(C)C3)cc1. The molecule has 142 valence electrons. The van der Waals surface area contributed by atoms with E-state index in [1.54, 1.807) is 4.68 Å². The number of likely N-dealkylation sites (tertiary alicyclic amines) is 2. The van der Waals surface area contributed by atoms with Crippen LogP contribution in [0.1, 0.15) is 41.0 Å². The summed E-state index contributed by atoms with van der Waals surface area (Å²) < 4.78 is 1.72. The Morgan fingerprint density at radius 2 is 1.89 bits per heavy atom. The highest BCUT2D eigenvalue weighted by atomic mass is 16.2. The van der Waals surface area contributed by atoms with Gasteiger partial charge in [0.15, 0.2) is 0 Å². The summed E-state index contributed by atoms with van der Waals surface area (Å²) in [6, 6.07) is 7.64. The summed E-state index contributed by atoms with van der Waals surface area (Å²) in [7, 11) is 1.87. The highest BCUT2D eigenvalue weighted by molar-refractivity contribution is 5.94. The number of piperidine rings is 1. The second-order valence-electron chi connectivity index (χ2n) is 7.80. The van der Waals surface area contributed by atoms with Gasteiger partial charge < -0.3 is 9.80 Å². The van der Waals surface area contributed by atoms with E-state index in [1.807, 2.05) is 48.0 Å². The van der Waals surface area contributed by atoms with E-state index in [1.165, 1.54) is 0 Å². The van der Waals surface area contributed by atoms with Crippen molar-refractivity contribution in [1.29, 1.82) is 0 Å². The van der Waals surface area contributed by atoms with Gasteiger partial charge in [0.2, 0.25) is 5.91 Å². The molecule has 27 heavy (non-hydrogen) atoms. The second-order valence-corrected chi connectivity index (χ2v) is 7.80. The van der Waals surface area contributed by atoms with Crippen LogP contribution in [0.3, 0.4) is 0 Å². The minimum absolute atomic E-state index is 0.0627. The summed E-state index contributed by atoms with van der Waals surface area (Å²) in [5.74, 6) is 1.05. The molecule has 0 radical (unpaired) electrons. The van der Waals surface area contributed by atoms with Gasteiger partial charge in [-0.05, 0) is 47.9 Å². The maximum atomic E-state index is 12.8. The zero-order valence-electron chi connectivity index (χ0n) is 15.8. The first-order valence-electron chi connectivity index (χ1n) is 9.31. The van der Waals surface area contributed by atoms with E-state index in [-0.39, 0.29) is 17.2 Å². The molecule has 0 saturated carbocycles. The molecule has 2 fully saturated rings. The number of rotatable bonds is 3. The summed E-state index contributed by atoms with van der Waals surface area (Å²) in [6.07, 6.45) is 2.41. The number of amides is 2. The second kappa shape index (κ2) is 6.75. The molecule has 0 atom stereocenters. The average molecular weight is 368 g/mol. The molecule has 2 aromatic rings. The first-order chi connectivity index (χ1) is 13.0. The van der Waals surface area contributed by atoms with E-state index in [2.05, 4.69) is 15.5 Å². The molecule has 4 rings (SSSR count). The molecule has 1 aromatic heterocycles. The van der Waals surface area contributed by atoms with Gasteiger partial charge >= 0.3 is 0 Å². The molecule has 0 bridgehead atoms. The van der Waals surface area contributed by atoms with Gasteiger partial charge in [-0.1, -0.05) is 12.1 Å². The lowest BCUT2D eigenvalue weighted by molar-refractivity contribution is -0.126. The predicted octanol–water partition coefficient (Wildman–Crippen LogP) is 1.11. The Bertz CT molecular complexity index is 851. The number of carbonyl (C=O) groups excluding carboxylic acids is 2. The van der Waals surface area contributed by atoms with Crippen LogP contribution in [-0.2, 0) is 11.3 Å². The van der Waals surface area contributed by atoms with Crippen molar-refractivity contribution in [2.45, 2.75) is 32.7 Å². The topological polar surface area (TPSA) is 84.2 Å². The van der Waals surface area contributed by atoms with Crippen molar-refractivity contribution in [3.63, 3.8) is 0 Å². The molecule has 1 aromatic carbocycles. The van der Waals surface area contributed by atoms with Crippen molar-refractivity contribution < 1.29 is 9.59 Å². The van der Waals surface area contributed by atoms with Gasteiger partial charge in [-0.2, -0.15) is 0 Å². The van der Waals surface area contributed by atoms with Gasteiger partial charge in [0, 0.05) is 44.1 Å². The van der Waals surface area contributed by atoms with Gasteiger partial charge in [0.25, 0.3) is 5.91 Å². The van der Waals surface area contributed by atoms with Crippen molar-refractivity contribution >= 4 is 11.8 Å². The summed E-state index contributed by atoms with van der Waals surface area (Å²) in [5.41, 5.74) is 1.81. The molecule has 1 spiro atoms. The summed E-state index contributed by atoms with van der Waals surface area (Å²) in [5, 5.41) is 11.5. The standard InChI is InChI=1S/C19H24N6O2/c1-14-20-21-22-25(14)12-15-3-5-16(6-4-15)18(27)24-9-7-19(8-10-24)11-17(26)23(2)13-19/h3-6H,7-13H2,1-2H3. The molecule has 2 saturated heterocycles. The summed E-state index contributed by atoms with van der Waals surface area (Å²) in [4.78, 5) is 28.4. The first-order valence-corrected chi connectivity index (χ1v) is 9.31. The number of carbonyl (C=O) groups is 2. The molecule has 0 aliphatic carbocycles. The zero-order chi connectivity index (χ0) is 19.0. The third-order valence-electron chi connectivity index (χ3n) is 5.88. The first kappa shape index (κ1) is 17.6. The Morgan fingerprint density at radius 3 is 2.44 bits per heavy atom. The lowest BCUT2D eigenvalue weighted by Crippen LogP contribution is -2.44. The van der Waals surface area contributed by atoms with E-state index in [0.717, 1.165) is 30.8 Å². The molecule has 2 aliphatic rings. The van der Waals surface area contributed by atoms with Crippen LogP contribution in [0.25, 0.3) is 0 Å². The fourth-order valence-corrected chi connectivity index (χ4v) is 4.13. The Hall–Kier alpha value is -2.77. The predicted molar refractivity (Wildman–Crippen MR) is 97.9 cm³/mol. The van der Waals surface area contributed by atoms with Gasteiger partial charge in [-0.3, -0.25) is 9.59 Å². The monoisotopic (exact) mass is 368 g/mol. The molecular weight excluding hydrogens is 344 g/mol. The van der Waals surface area contributed by atoms with Gasteiger partial charge in [-0.15, -0.1) is 5.10 Å². The van der Waals surface area contributed by atoms with Gasteiger partial charge in [-0.25, -0.2) is 4.68 Å². The fourth-order valence-electron chi connectivity index (χ4n) is 4.13.